The van der Waals surface area contributed by atoms with Gasteiger partial charge in [-0.05, 0) is 31.0 Å². The third-order valence-electron chi connectivity index (χ3n) is 3.58. The molecule has 0 amide bonds. The second kappa shape index (κ2) is 3.88. The van der Waals surface area contributed by atoms with Gasteiger partial charge in [-0.1, -0.05) is 6.07 Å². The molecule has 0 atom stereocenters. The van der Waals surface area contributed by atoms with E-state index in [2.05, 4.69) is 14.5 Å². The molecule has 3 nitrogen and oxygen atoms in total. The van der Waals surface area contributed by atoms with E-state index in [-0.39, 0.29) is 5.82 Å². The molecule has 0 N–H and O–H groups in total. The lowest BCUT2D eigenvalue weighted by atomic mass is 10.1. The molecule has 94 valence electrons. The van der Waals surface area contributed by atoms with Gasteiger partial charge in [-0.15, -0.1) is 0 Å². The number of imidazole rings is 1. The average molecular weight is 253 g/mol. The third kappa shape index (κ3) is 1.63. The first kappa shape index (κ1) is 10.7. The number of pyridine rings is 1. The molecule has 0 radical (unpaired) electrons. The first-order valence-corrected chi connectivity index (χ1v) is 6.40. The van der Waals surface area contributed by atoms with Crippen molar-refractivity contribution in [3.63, 3.8) is 0 Å². The van der Waals surface area contributed by atoms with Crippen molar-refractivity contribution in [1.29, 1.82) is 0 Å². The second-order valence-electron chi connectivity index (χ2n) is 4.91. The van der Waals surface area contributed by atoms with Gasteiger partial charge >= 0.3 is 0 Å². The lowest BCUT2D eigenvalue weighted by Gasteiger charge is -2.08. The van der Waals surface area contributed by atoms with E-state index in [1.807, 2.05) is 18.5 Å². The monoisotopic (exact) mass is 253 g/mol. The normalized spacial score (nSPS) is 15.0. The Hall–Kier alpha value is -2.23. The van der Waals surface area contributed by atoms with Gasteiger partial charge in [0.2, 0.25) is 0 Å². The number of halogens is 1. The van der Waals surface area contributed by atoms with Gasteiger partial charge in [-0.2, -0.15) is 0 Å². The molecule has 1 aliphatic rings. The van der Waals surface area contributed by atoms with Gasteiger partial charge in [0.1, 0.15) is 5.82 Å². The summed E-state index contributed by atoms with van der Waals surface area (Å²) >= 11 is 0. The van der Waals surface area contributed by atoms with Crippen molar-refractivity contribution in [3.05, 3.63) is 48.8 Å². The Morgan fingerprint density at radius 2 is 2.11 bits per heavy atom. The first-order chi connectivity index (χ1) is 9.34. The van der Waals surface area contributed by atoms with Crippen molar-refractivity contribution >= 4 is 11.0 Å². The number of benzene rings is 1. The molecule has 0 saturated heterocycles. The summed E-state index contributed by atoms with van der Waals surface area (Å²) < 4.78 is 16.4. The number of fused-ring (bicyclic) bond motifs is 1. The molecular formula is C15H12FN3. The highest BCUT2D eigenvalue weighted by molar-refractivity contribution is 5.92. The first-order valence-electron chi connectivity index (χ1n) is 6.40. The van der Waals surface area contributed by atoms with Crippen molar-refractivity contribution in [2.24, 2.45) is 0 Å². The van der Waals surface area contributed by atoms with Crippen molar-refractivity contribution < 1.29 is 4.39 Å². The standard InChI is InChI=1S/C15H12FN3/c16-12-5-6-13-15(19(9-18-13)11-3-4-11)14(12)10-2-1-7-17-8-10/h1-2,5-9,11H,3-4H2. The molecule has 1 fully saturated rings. The van der Waals surface area contributed by atoms with Crippen molar-refractivity contribution in [2.75, 3.05) is 0 Å². The van der Waals surface area contributed by atoms with Crippen LogP contribution >= 0.6 is 0 Å². The second-order valence-corrected chi connectivity index (χ2v) is 4.91. The summed E-state index contributed by atoms with van der Waals surface area (Å²) in [6, 6.07) is 7.40. The molecule has 4 rings (SSSR count). The van der Waals surface area contributed by atoms with Crippen LogP contribution in [0.2, 0.25) is 0 Å². The van der Waals surface area contributed by atoms with Gasteiger partial charge < -0.3 is 4.57 Å². The van der Waals surface area contributed by atoms with Gasteiger partial charge in [0.15, 0.2) is 0 Å². The number of aromatic nitrogens is 3. The molecule has 4 heteroatoms. The summed E-state index contributed by atoms with van der Waals surface area (Å²) in [7, 11) is 0. The molecule has 3 aromatic rings. The highest BCUT2D eigenvalue weighted by atomic mass is 19.1. The van der Waals surface area contributed by atoms with Crippen molar-refractivity contribution in [3.8, 4) is 11.1 Å². The highest BCUT2D eigenvalue weighted by Crippen LogP contribution is 2.40. The Balaban J connectivity index is 2.07. The molecule has 1 aromatic carbocycles. The predicted molar refractivity (Wildman–Crippen MR) is 71.2 cm³/mol. The SMILES string of the molecule is Fc1ccc2ncn(C3CC3)c2c1-c1cccnc1. The van der Waals surface area contributed by atoms with Gasteiger partial charge in [0.05, 0.1) is 17.4 Å². The van der Waals surface area contributed by atoms with Crippen molar-refractivity contribution in [2.45, 2.75) is 18.9 Å². The number of nitrogens with zero attached hydrogens (tertiary/aromatic N) is 3. The Morgan fingerprint density at radius 1 is 1.21 bits per heavy atom. The summed E-state index contributed by atoms with van der Waals surface area (Å²) in [4.78, 5) is 8.47. The Labute approximate surface area is 109 Å². The van der Waals surface area contributed by atoms with Crippen LogP contribution in [0.25, 0.3) is 22.2 Å². The fourth-order valence-corrected chi connectivity index (χ4v) is 2.52. The zero-order valence-corrected chi connectivity index (χ0v) is 10.3. The highest BCUT2D eigenvalue weighted by Gasteiger charge is 2.27. The maximum Gasteiger partial charge on any atom is 0.133 e. The molecule has 1 saturated carbocycles. The van der Waals surface area contributed by atoms with E-state index in [1.54, 1.807) is 18.5 Å². The molecule has 0 spiro atoms. The summed E-state index contributed by atoms with van der Waals surface area (Å²) in [5, 5.41) is 0. The largest absolute Gasteiger partial charge is 0.327 e. The molecular weight excluding hydrogens is 241 g/mol. The Kier molecular flexibility index (Phi) is 2.18. The summed E-state index contributed by atoms with van der Waals surface area (Å²) in [6.45, 7) is 0. The van der Waals surface area contributed by atoms with E-state index < -0.39 is 0 Å². The van der Waals surface area contributed by atoms with E-state index in [4.69, 9.17) is 0 Å². The zero-order valence-electron chi connectivity index (χ0n) is 10.3. The fourth-order valence-electron chi connectivity index (χ4n) is 2.52. The number of rotatable bonds is 2. The lowest BCUT2D eigenvalue weighted by molar-refractivity contribution is 0.631. The van der Waals surface area contributed by atoms with E-state index in [0.717, 1.165) is 29.4 Å². The molecule has 0 bridgehead atoms. The molecule has 2 aromatic heterocycles. The van der Waals surface area contributed by atoms with Crippen LogP contribution < -0.4 is 0 Å². The lowest BCUT2D eigenvalue weighted by Crippen LogP contribution is -1.95. The summed E-state index contributed by atoms with van der Waals surface area (Å²) in [5.74, 6) is -0.220. The minimum absolute atomic E-state index is 0.220. The van der Waals surface area contributed by atoms with Crippen LogP contribution in [0.4, 0.5) is 4.39 Å². The Morgan fingerprint density at radius 3 is 2.84 bits per heavy atom. The quantitative estimate of drug-likeness (QED) is 0.699. The molecule has 19 heavy (non-hydrogen) atoms. The van der Waals surface area contributed by atoms with E-state index >= 15 is 0 Å². The average Bonchev–Trinajstić information content (AvgIpc) is 3.20. The summed E-state index contributed by atoms with van der Waals surface area (Å²) in [6.07, 6.45) is 7.51. The van der Waals surface area contributed by atoms with Crippen LogP contribution in [0, 0.1) is 5.82 Å². The maximum atomic E-state index is 14.3. The van der Waals surface area contributed by atoms with Gasteiger partial charge in [0.25, 0.3) is 0 Å². The third-order valence-corrected chi connectivity index (χ3v) is 3.58. The Bertz CT molecular complexity index is 745. The van der Waals surface area contributed by atoms with Gasteiger partial charge in [-0.3, -0.25) is 4.98 Å². The molecule has 2 heterocycles. The van der Waals surface area contributed by atoms with Crippen LogP contribution in [0.3, 0.4) is 0 Å². The number of hydrogen-bond acceptors (Lipinski definition) is 2. The van der Waals surface area contributed by atoms with Crippen LogP contribution in [0.1, 0.15) is 18.9 Å². The van der Waals surface area contributed by atoms with Crippen LogP contribution in [-0.2, 0) is 0 Å². The fraction of sp³-hybridized carbons (Fsp3) is 0.200. The number of hydrogen-bond donors (Lipinski definition) is 0. The molecule has 0 unspecified atom stereocenters. The van der Waals surface area contributed by atoms with Crippen LogP contribution in [0.15, 0.2) is 43.0 Å². The van der Waals surface area contributed by atoms with E-state index in [9.17, 15) is 4.39 Å². The van der Waals surface area contributed by atoms with E-state index in [1.165, 1.54) is 6.07 Å². The molecule has 1 aliphatic carbocycles. The van der Waals surface area contributed by atoms with Gasteiger partial charge in [-0.25, -0.2) is 9.37 Å². The van der Waals surface area contributed by atoms with Crippen molar-refractivity contribution in [1.82, 2.24) is 14.5 Å². The van der Waals surface area contributed by atoms with Gasteiger partial charge in [0, 0.05) is 29.6 Å². The minimum Gasteiger partial charge on any atom is -0.327 e. The topological polar surface area (TPSA) is 30.7 Å². The minimum atomic E-state index is -0.220. The van der Waals surface area contributed by atoms with Crippen LogP contribution in [0.5, 0.6) is 0 Å². The zero-order chi connectivity index (χ0) is 12.8. The molecule has 0 aliphatic heterocycles. The smallest absolute Gasteiger partial charge is 0.133 e. The van der Waals surface area contributed by atoms with E-state index in [0.29, 0.717) is 11.6 Å². The van der Waals surface area contributed by atoms with Crippen LogP contribution in [-0.4, -0.2) is 14.5 Å². The predicted octanol–water partition coefficient (Wildman–Crippen LogP) is 3.57. The maximum absolute atomic E-state index is 14.3. The summed E-state index contributed by atoms with van der Waals surface area (Å²) in [5.41, 5.74) is 3.13.